The van der Waals surface area contributed by atoms with Crippen molar-refractivity contribution in [3.05, 3.63) is 35.5 Å². The van der Waals surface area contributed by atoms with Gasteiger partial charge in [-0.2, -0.15) is 0 Å². The molecule has 0 atom stereocenters. The number of nitrogens with zero attached hydrogens (tertiary/aromatic N) is 1. The summed E-state index contributed by atoms with van der Waals surface area (Å²) >= 11 is 0. The molecule has 18 heavy (non-hydrogen) atoms. The molecule has 98 valence electrons. The molecule has 0 bridgehead atoms. The van der Waals surface area contributed by atoms with Gasteiger partial charge in [-0.25, -0.2) is 8.42 Å². The van der Waals surface area contributed by atoms with Crippen LogP contribution in [-0.2, 0) is 29.2 Å². The zero-order valence-corrected chi connectivity index (χ0v) is 11.5. The Kier molecular flexibility index (Phi) is 3.45. The van der Waals surface area contributed by atoms with Crippen LogP contribution in [0.25, 0.3) is 10.9 Å². The molecule has 0 saturated heterocycles. The van der Waals surface area contributed by atoms with Crippen LogP contribution in [0.3, 0.4) is 0 Å². The van der Waals surface area contributed by atoms with Gasteiger partial charge in [0.05, 0.1) is 11.3 Å². The fraction of sp³-hybridized carbons (Fsp3) is 0.385. The van der Waals surface area contributed by atoms with Crippen LogP contribution < -0.4 is 5.73 Å². The van der Waals surface area contributed by atoms with Crippen LogP contribution in [0.5, 0.6) is 0 Å². The standard InChI is InChI=1S/C13H18N2O2S/c1-3-18(16,17)9-12-7-10-5-4-6-11(8-14)13(10)15(12)2/h4-7H,3,8-9,14H2,1-2H3. The molecule has 0 unspecified atom stereocenters. The van der Waals surface area contributed by atoms with Crippen LogP contribution in [-0.4, -0.2) is 18.7 Å². The fourth-order valence-electron chi connectivity index (χ4n) is 2.19. The third kappa shape index (κ3) is 2.28. The first-order chi connectivity index (χ1) is 8.48. The van der Waals surface area contributed by atoms with Gasteiger partial charge >= 0.3 is 0 Å². The van der Waals surface area contributed by atoms with Crippen LogP contribution >= 0.6 is 0 Å². The van der Waals surface area contributed by atoms with E-state index >= 15 is 0 Å². The van der Waals surface area contributed by atoms with E-state index in [0.717, 1.165) is 22.2 Å². The molecule has 0 fully saturated rings. The Morgan fingerprint density at radius 1 is 1.33 bits per heavy atom. The van der Waals surface area contributed by atoms with E-state index < -0.39 is 9.84 Å². The predicted molar refractivity (Wildman–Crippen MR) is 74.0 cm³/mol. The number of sulfone groups is 1. The number of aryl methyl sites for hydroxylation is 1. The smallest absolute Gasteiger partial charge is 0.155 e. The van der Waals surface area contributed by atoms with E-state index in [9.17, 15) is 8.42 Å². The molecule has 4 nitrogen and oxygen atoms in total. The molecule has 2 rings (SSSR count). The monoisotopic (exact) mass is 266 g/mol. The lowest BCUT2D eigenvalue weighted by atomic mass is 10.1. The van der Waals surface area contributed by atoms with Crippen LogP contribution in [0, 0.1) is 0 Å². The van der Waals surface area contributed by atoms with E-state index in [1.807, 2.05) is 35.9 Å². The Morgan fingerprint density at radius 2 is 2.06 bits per heavy atom. The van der Waals surface area contributed by atoms with E-state index in [-0.39, 0.29) is 11.5 Å². The van der Waals surface area contributed by atoms with Crippen molar-refractivity contribution >= 4 is 20.7 Å². The van der Waals surface area contributed by atoms with Gasteiger partial charge in [-0.05, 0) is 11.6 Å². The van der Waals surface area contributed by atoms with Crippen LogP contribution in [0.1, 0.15) is 18.2 Å². The normalized spacial score (nSPS) is 12.2. The summed E-state index contributed by atoms with van der Waals surface area (Å²) in [6.07, 6.45) is 0. The summed E-state index contributed by atoms with van der Waals surface area (Å²) < 4.78 is 25.4. The molecule has 0 aliphatic rings. The number of hydrogen-bond acceptors (Lipinski definition) is 3. The van der Waals surface area contributed by atoms with E-state index in [0.29, 0.717) is 6.54 Å². The topological polar surface area (TPSA) is 65.1 Å². The average molecular weight is 266 g/mol. The highest BCUT2D eigenvalue weighted by molar-refractivity contribution is 7.90. The maximum Gasteiger partial charge on any atom is 0.155 e. The third-order valence-corrected chi connectivity index (χ3v) is 4.88. The molecule has 1 heterocycles. The Hall–Kier alpha value is -1.33. The Labute approximate surface area is 107 Å². The number of rotatable bonds is 4. The zero-order chi connectivity index (χ0) is 13.3. The molecule has 2 aromatic rings. The minimum atomic E-state index is -3.01. The van der Waals surface area contributed by atoms with Crippen LogP contribution in [0.2, 0.25) is 0 Å². The second-order valence-corrected chi connectivity index (χ2v) is 6.78. The molecule has 1 aromatic heterocycles. The lowest BCUT2D eigenvalue weighted by Gasteiger charge is -2.07. The number of hydrogen-bond donors (Lipinski definition) is 1. The molecule has 0 aliphatic carbocycles. The molecule has 5 heteroatoms. The largest absolute Gasteiger partial charge is 0.346 e. The highest BCUT2D eigenvalue weighted by Gasteiger charge is 2.15. The van der Waals surface area contributed by atoms with Crippen molar-refractivity contribution in [2.45, 2.75) is 19.2 Å². The Bertz CT molecular complexity index is 672. The SMILES string of the molecule is CCS(=O)(=O)Cc1cc2cccc(CN)c2n1C. The van der Waals surface area contributed by atoms with Crippen molar-refractivity contribution in [3.8, 4) is 0 Å². The second kappa shape index (κ2) is 4.74. The summed E-state index contributed by atoms with van der Waals surface area (Å²) in [5.41, 5.74) is 8.59. The second-order valence-electron chi connectivity index (χ2n) is 4.43. The highest BCUT2D eigenvalue weighted by Crippen LogP contribution is 2.23. The van der Waals surface area contributed by atoms with Gasteiger partial charge in [-0.1, -0.05) is 25.1 Å². The number of benzene rings is 1. The third-order valence-electron chi connectivity index (χ3n) is 3.27. The quantitative estimate of drug-likeness (QED) is 0.913. The van der Waals surface area contributed by atoms with E-state index in [1.165, 1.54) is 0 Å². The predicted octanol–water partition coefficient (Wildman–Crippen LogP) is 1.57. The highest BCUT2D eigenvalue weighted by atomic mass is 32.2. The number of para-hydroxylation sites is 1. The lowest BCUT2D eigenvalue weighted by molar-refractivity contribution is 0.595. The van der Waals surface area contributed by atoms with Gasteiger partial charge in [0.25, 0.3) is 0 Å². The van der Waals surface area contributed by atoms with Crippen molar-refractivity contribution < 1.29 is 8.42 Å². The molecule has 0 amide bonds. The van der Waals surface area contributed by atoms with Crippen molar-refractivity contribution in [3.63, 3.8) is 0 Å². The van der Waals surface area contributed by atoms with Gasteiger partial charge in [-0.15, -0.1) is 0 Å². The molecule has 1 aromatic carbocycles. The molecule has 2 N–H and O–H groups in total. The van der Waals surface area contributed by atoms with Crippen LogP contribution in [0.15, 0.2) is 24.3 Å². The molecule has 0 aliphatic heterocycles. The molecule has 0 saturated carbocycles. The molecule has 0 spiro atoms. The first-order valence-corrected chi connectivity index (χ1v) is 7.77. The summed E-state index contributed by atoms with van der Waals surface area (Å²) in [4.78, 5) is 0. The van der Waals surface area contributed by atoms with Crippen molar-refractivity contribution in [2.75, 3.05) is 5.75 Å². The molecular weight excluding hydrogens is 248 g/mol. The summed E-state index contributed by atoms with van der Waals surface area (Å²) in [5, 5.41) is 1.04. The lowest BCUT2D eigenvalue weighted by Crippen LogP contribution is -2.10. The summed E-state index contributed by atoms with van der Waals surface area (Å²) in [7, 11) is -1.12. The first-order valence-electron chi connectivity index (χ1n) is 5.95. The van der Waals surface area contributed by atoms with Crippen molar-refractivity contribution in [1.29, 1.82) is 0 Å². The van der Waals surface area contributed by atoms with E-state index in [2.05, 4.69) is 0 Å². The Balaban J connectivity index is 2.58. The average Bonchev–Trinajstić information content (AvgIpc) is 2.66. The van der Waals surface area contributed by atoms with Gasteiger partial charge in [0.2, 0.25) is 0 Å². The molecular formula is C13H18N2O2S. The fourth-order valence-corrected chi connectivity index (χ4v) is 3.12. The van der Waals surface area contributed by atoms with Gasteiger partial charge < -0.3 is 10.3 Å². The van der Waals surface area contributed by atoms with E-state index in [4.69, 9.17) is 5.73 Å². The minimum Gasteiger partial charge on any atom is -0.346 e. The number of fused-ring (bicyclic) bond motifs is 1. The Morgan fingerprint density at radius 3 is 2.67 bits per heavy atom. The summed E-state index contributed by atoms with van der Waals surface area (Å²) in [6, 6.07) is 7.83. The number of aromatic nitrogens is 1. The van der Waals surface area contributed by atoms with Gasteiger partial charge in [0, 0.05) is 30.4 Å². The molecule has 0 radical (unpaired) electrons. The van der Waals surface area contributed by atoms with Gasteiger partial charge in [0.1, 0.15) is 0 Å². The van der Waals surface area contributed by atoms with Crippen molar-refractivity contribution in [1.82, 2.24) is 4.57 Å². The number of nitrogens with two attached hydrogens (primary N) is 1. The van der Waals surface area contributed by atoms with Crippen LogP contribution in [0.4, 0.5) is 0 Å². The maximum absolute atomic E-state index is 11.7. The minimum absolute atomic E-state index is 0.0820. The van der Waals surface area contributed by atoms with Gasteiger partial charge in [-0.3, -0.25) is 0 Å². The van der Waals surface area contributed by atoms with Gasteiger partial charge in [0.15, 0.2) is 9.84 Å². The summed E-state index contributed by atoms with van der Waals surface area (Å²) in [5.74, 6) is 0.247. The van der Waals surface area contributed by atoms with Crippen molar-refractivity contribution in [2.24, 2.45) is 12.8 Å². The zero-order valence-electron chi connectivity index (χ0n) is 10.7. The maximum atomic E-state index is 11.7. The summed E-state index contributed by atoms with van der Waals surface area (Å²) in [6.45, 7) is 2.12. The first kappa shape index (κ1) is 13.1. The van der Waals surface area contributed by atoms with E-state index in [1.54, 1.807) is 6.92 Å².